The van der Waals surface area contributed by atoms with E-state index in [1.54, 1.807) is 0 Å². The van der Waals surface area contributed by atoms with Crippen molar-refractivity contribution in [3.8, 4) is 0 Å². The molecule has 1 fully saturated rings. The SMILES string of the molecule is C[C@@H]([N-][Si](C)(C)[C]1[CH][CH][CH][CH]1)c1ccccc1.[Cl][Ti][Cl]. The zero-order valence-corrected chi connectivity index (χ0v) is 16.1. The molecule has 0 saturated heterocycles. The Morgan fingerprint density at radius 2 is 1.55 bits per heavy atom. The number of hydrogen-bond acceptors (Lipinski definition) is 0. The fourth-order valence-electron chi connectivity index (χ4n) is 2.15. The van der Waals surface area contributed by atoms with Crippen LogP contribution >= 0.6 is 18.6 Å². The zero-order valence-electron chi connectivity index (χ0n) is 12.0. The second-order valence-electron chi connectivity index (χ2n) is 5.02. The zero-order chi connectivity index (χ0) is 15.0. The molecule has 5 radical (unpaired) electrons. The van der Waals surface area contributed by atoms with Crippen LogP contribution in [0.3, 0.4) is 0 Å². The van der Waals surface area contributed by atoms with Crippen molar-refractivity contribution in [2.75, 3.05) is 0 Å². The number of benzene rings is 1. The first-order valence-electron chi connectivity index (χ1n) is 6.46. The molecular formula is C15H19Cl2NSiTi-. The van der Waals surface area contributed by atoms with Crippen LogP contribution in [-0.2, 0) is 17.0 Å². The van der Waals surface area contributed by atoms with E-state index in [0.29, 0.717) is 0 Å². The average molecular weight is 360 g/mol. The summed E-state index contributed by atoms with van der Waals surface area (Å²) in [5.41, 5.74) is 2.72. The van der Waals surface area contributed by atoms with Gasteiger partial charge in [0.2, 0.25) is 0 Å². The second kappa shape index (κ2) is 9.66. The summed E-state index contributed by atoms with van der Waals surface area (Å²) in [4.78, 5) is 5.06. The first kappa shape index (κ1) is 18.7. The van der Waals surface area contributed by atoms with E-state index in [9.17, 15) is 0 Å². The Bertz CT molecular complexity index is 369. The van der Waals surface area contributed by atoms with Gasteiger partial charge in [0.1, 0.15) is 0 Å². The van der Waals surface area contributed by atoms with Crippen molar-refractivity contribution in [2.45, 2.75) is 26.1 Å². The van der Waals surface area contributed by atoms with Crippen LogP contribution in [0.5, 0.6) is 0 Å². The second-order valence-corrected chi connectivity index (χ2v) is 11.6. The molecule has 0 bridgehead atoms. The van der Waals surface area contributed by atoms with Crippen molar-refractivity contribution in [1.82, 2.24) is 0 Å². The van der Waals surface area contributed by atoms with Crippen molar-refractivity contribution in [1.29, 1.82) is 0 Å². The Kier molecular flexibility index (Phi) is 9.05. The molecule has 2 rings (SSSR count). The van der Waals surface area contributed by atoms with E-state index in [-0.39, 0.29) is 6.04 Å². The van der Waals surface area contributed by atoms with Crippen molar-refractivity contribution < 1.29 is 17.0 Å². The van der Waals surface area contributed by atoms with Gasteiger partial charge in [-0.1, -0.05) is 64.1 Å². The van der Waals surface area contributed by atoms with Gasteiger partial charge in [-0.15, -0.1) is 6.04 Å². The molecule has 0 unspecified atom stereocenters. The maximum absolute atomic E-state index is 5.06. The van der Waals surface area contributed by atoms with Crippen molar-refractivity contribution in [3.63, 3.8) is 0 Å². The Morgan fingerprint density at radius 1 is 1.05 bits per heavy atom. The summed E-state index contributed by atoms with van der Waals surface area (Å²) in [6.45, 7) is 6.80. The molecule has 1 nitrogen and oxygen atoms in total. The van der Waals surface area contributed by atoms with Crippen molar-refractivity contribution in [3.05, 3.63) is 72.1 Å². The van der Waals surface area contributed by atoms with Crippen LogP contribution in [0, 0.1) is 31.2 Å². The van der Waals surface area contributed by atoms with E-state index in [4.69, 9.17) is 23.6 Å². The van der Waals surface area contributed by atoms with Crippen LogP contribution in [0.1, 0.15) is 18.5 Å². The first-order chi connectivity index (χ1) is 9.51. The van der Waals surface area contributed by atoms with Gasteiger partial charge in [-0.05, 0) is 31.2 Å². The normalized spacial score (nSPS) is 17.2. The Morgan fingerprint density at radius 3 is 2.05 bits per heavy atom. The van der Waals surface area contributed by atoms with Crippen LogP contribution in [0.15, 0.2) is 30.3 Å². The predicted molar refractivity (Wildman–Crippen MR) is 87.8 cm³/mol. The summed E-state index contributed by atoms with van der Waals surface area (Å²) < 4.78 is 0. The van der Waals surface area contributed by atoms with Gasteiger partial charge in [0.05, 0.1) is 0 Å². The van der Waals surface area contributed by atoms with Gasteiger partial charge in [-0.25, -0.2) is 0 Å². The van der Waals surface area contributed by atoms with Gasteiger partial charge in [0.15, 0.2) is 0 Å². The molecule has 107 valence electrons. The molecule has 1 aromatic rings. The molecule has 0 N–H and O–H groups in total. The van der Waals surface area contributed by atoms with Gasteiger partial charge in [-0.3, -0.25) is 0 Å². The summed E-state index contributed by atoms with van der Waals surface area (Å²) in [5.74, 6) is 0. The number of hydrogen-bond donors (Lipinski definition) is 0. The molecule has 5 heteroatoms. The molecule has 1 saturated carbocycles. The van der Waals surface area contributed by atoms with Gasteiger partial charge in [-0.2, -0.15) is 0 Å². The summed E-state index contributed by atoms with van der Waals surface area (Å²) >= 11 is -0.556. The third-order valence-corrected chi connectivity index (χ3v) is 5.95. The van der Waals surface area contributed by atoms with Crippen molar-refractivity contribution >= 4 is 26.8 Å². The number of nitrogens with zero attached hydrogens (tertiary/aromatic N) is 1. The minimum absolute atomic E-state index is 0.285. The van der Waals surface area contributed by atoms with Crippen LogP contribution in [0.25, 0.3) is 4.98 Å². The van der Waals surface area contributed by atoms with Gasteiger partial charge in [0, 0.05) is 0 Å². The summed E-state index contributed by atoms with van der Waals surface area (Å²) in [6.07, 6.45) is 8.61. The molecule has 0 heterocycles. The molecule has 0 aromatic heterocycles. The molecule has 1 aliphatic carbocycles. The van der Waals surface area contributed by atoms with Gasteiger partial charge >= 0.3 is 35.6 Å². The third kappa shape index (κ3) is 6.21. The molecule has 0 amide bonds. The van der Waals surface area contributed by atoms with Crippen LogP contribution in [0.2, 0.25) is 13.1 Å². The monoisotopic (exact) mass is 359 g/mol. The van der Waals surface area contributed by atoms with Crippen LogP contribution in [-0.4, -0.2) is 8.24 Å². The molecule has 0 spiro atoms. The Hall–Kier alpha value is 0.691. The van der Waals surface area contributed by atoms with E-state index in [1.165, 1.54) is 11.1 Å². The Labute approximate surface area is 141 Å². The molecular weight excluding hydrogens is 341 g/mol. The van der Waals surface area contributed by atoms with Crippen molar-refractivity contribution in [2.24, 2.45) is 0 Å². The average Bonchev–Trinajstić information content (AvgIpc) is 2.95. The molecule has 20 heavy (non-hydrogen) atoms. The van der Waals surface area contributed by atoms with E-state index in [0.717, 1.165) is 0 Å². The van der Waals surface area contributed by atoms with E-state index >= 15 is 0 Å². The quantitative estimate of drug-likeness (QED) is 0.617. The number of rotatable bonds is 4. The fraction of sp³-hybridized carbons (Fsp3) is 0.267. The van der Waals surface area contributed by atoms with Gasteiger partial charge in [0.25, 0.3) is 0 Å². The fourth-order valence-corrected chi connectivity index (χ4v) is 4.42. The van der Waals surface area contributed by atoms with Crippen LogP contribution < -0.4 is 0 Å². The van der Waals surface area contributed by atoms with Crippen LogP contribution in [0.4, 0.5) is 0 Å². The van der Waals surface area contributed by atoms with E-state index in [1.807, 2.05) is 0 Å². The topological polar surface area (TPSA) is 14.1 Å². The van der Waals surface area contributed by atoms with E-state index < -0.39 is 25.3 Å². The number of halogens is 2. The van der Waals surface area contributed by atoms with E-state index in [2.05, 4.69) is 76.0 Å². The standard InChI is InChI=1S/C15H19NSi.2ClH.Ti/c1-13(14-9-5-4-6-10-14)16-17(2,3)15-11-7-8-12-15;;;/h4-13H,1-3H3;2*1H;/q-1;;;+2/p-2/t13-;;;/m1.../s1. The molecule has 1 atom stereocenters. The first-order valence-corrected chi connectivity index (χ1v) is 13.7. The molecule has 1 aromatic carbocycles. The summed E-state index contributed by atoms with van der Waals surface area (Å²) in [5, 5.41) is 0. The van der Waals surface area contributed by atoms with Gasteiger partial charge < -0.3 is 4.98 Å². The molecule has 0 aliphatic heterocycles. The summed E-state index contributed by atoms with van der Waals surface area (Å²) in [6, 6.07) is 10.8. The Balaban J connectivity index is 0.000000612. The maximum atomic E-state index is 5.06. The predicted octanol–water partition coefficient (Wildman–Crippen LogP) is 5.65. The minimum atomic E-state index is -1.65. The third-order valence-electron chi connectivity index (χ3n) is 3.17. The summed E-state index contributed by atoms with van der Waals surface area (Å²) in [7, 11) is 8.13. The molecule has 1 aliphatic rings.